The number of hydrogen-bond donors (Lipinski definition) is 1. The Kier molecular flexibility index (Phi) is 4.79. The van der Waals surface area contributed by atoms with Crippen LogP contribution in [0.4, 0.5) is 28.6 Å². The van der Waals surface area contributed by atoms with E-state index in [4.69, 9.17) is 5.73 Å². The number of halogens is 6. The van der Waals surface area contributed by atoms with Crippen LogP contribution in [-0.2, 0) is 5.41 Å². The van der Waals surface area contributed by atoms with Gasteiger partial charge in [-0.15, -0.1) is 0 Å². The summed E-state index contributed by atoms with van der Waals surface area (Å²) in [4.78, 5) is 21.5. The lowest BCUT2D eigenvalue weighted by Crippen LogP contribution is -2.23. The van der Waals surface area contributed by atoms with E-state index >= 15 is 0 Å². The molecular weight excluding hydrogens is 424 g/mol. The molecule has 0 atom stereocenters. The van der Waals surface area contributed by atoms with Crippen molar-refractivity contribution in [3.8, 4) is 5.75 Å². The third kappa shape index (κ3) is 5.03. The molecule has 29 heavy (non-hydrogen) atoms. The van der Waals surface area contributed by atoms with Gasteiger partial charge in [-0.1, -0.05) is 52.3 Å². The van der Waals surface area contributed by atoms with Crippen LogP contribution in [0.2, 0.25) is 0 Å². The van der Waals surface area contributed by atoms with Crippen LogP contribution >= 0.6 is 10.2 Å². The summed E-state index contributed by atoms with van der Waals surface area (Å²) in [5.41, 5.74) is 1.11. The van der Waals surface area contributed by atoms with E-state index < -0.39 is 60.7 Å². The maximum Gasteiger partial charge on any atom is 0.409 e. The lowest BCUT2D eigenvalue weighted by Gasteiger charge is -2.43. The zero-order valence-electron chi connectivity index (χ0n) is 15.4. The molecule has 0 heterocycles. The van der Waals surface area contributed by atoms with Gasteiger partial charge in [0.1, 0.15) is 16.5 Å². The maximum atomic E-state index is 14.0. The Morgan fingerprint density at radius 2 is 1.52 bits per heavy atom. The monoisotopic (exact) mass is 441 g/mol. The number of ether oxygens (including phenoxy) is 1. The van der Waals surface area contributed by atoms with Crippen LogP contribution < -0.4 is 10.5 Å². The van der Waals surface area contributed by atoms with Crippen LogP contribution in [-0.4, -0.2) is 11.9 Å². The predicted molar refractivity (Wildman–Crippen MR) is 96.6 cm³/mol. The minimum absolute atomic E-state index is 0.138. The normalized spacial score (nSPS) is 14.7. The van der Waals surface area contributed by atoms with E-state index in [1.807, 2.05) is 0 Å². The van der Waals surface area contributed by atoms with Crippen LogP contribution in [0.1, 0.15) is 42.3 Å². The number of rotatable bonds is 4. The molecule has 0 saturated carbocycles. The molecule has 1 amide bonds. The summed E-state index contributed by atoms with van der Waals surface area (Å²) in [6.45, 7) is 3.67. The molecule has 2 N–H and O–H groups in total. The van der Waals surface area contributed by atoms with Gasteiger partial charge >= 0.3 is 16.3 Å². The topological polar surface area (TPSA) is 69.4 Å². The number of ketones is 1. The van der Waals surface area contributed by atoms with Crippen molar-refractivity contribution in [3.05, 3.63) is 58.9 Å². The average Bonchev–Trinajstić information content (AvgIpc) is 2.50. The third-order valence-corrected chi connectivity index (χ3v) is 5.05. The fourth-order valence-corrected chi connectivity index (χ4v) is 3.74. The molecule has 0 spiro atoms. The molecule has 160 valence electrons. The van der Waals surface area contributed by atoms with E-state index in [2.05, 4.69) is 4.74 Å². The Morgan fingerprint density at radius 3 is 1.97 bits per heavy atom. The molecule has 0 saturated heterocycles. The van der Waals surface area contributed by atoms with Crippen molar-refractivity contribution in [1.82, 2.24) is 0 Å². The Labute approximate surface area is 162 Å². The number of primary amides is 1. The minimum Gasteiger partial charge on any atom is -0.410 e. The van der Waals surface area contributed by atoms with Crippen LogP contribution in [0.3, 0.4) is 0 Å². The number of hydrogen-bond acceptors (Lipinski definition) is 3. The molecule has 0 fully saturated rings. The molecule has 0 unspecified atom stereocenters. The second-order valence-electron chi connectivity index (χ2n) is 7.29. The van der Waals surface area contributed by atoms with Crippen molar-refractivity contribution >= 4 is 22.1 Å². The number of carbonyl (C=O) groups is 2. The number of nitrogens with two attached hydrogens (primary N) is 1. The van der Waals surface area contributed by atoms with E-state index in [0.717, 1.165) is 12.1 Å². The molecule has 4 nitrogen and oxygen atoms in total. The Hall–Kier alpha value is -2.69. The first-order valence-electron chi connectivity index (χ1n) is 8.00. The van der Waals surface area contributed by atoms with Crippen LogP contribution in [0.5, 0.6) is 5.75 Å². The fourth-order valence-electron chi connectivity index (χ4n) is 2.63. The van der Waals surface area contributed by atoms with Crippen molar-refractivity contribution in [3.63, 3.8) is 0 Å². The Bertz CT molecular complexity index is 1010. The molecule has 0 aliphatic heterocycles. The molecule has 0 bridgehead atoms. The zero-order chi connectivity index (χ0) is 22.5. The molecule has 2 aromatic carbocycles. The van der Waals surface area contributed by atoms with Gasteiger partial charge in [0.15, 0.2) is 5.78 Å². The summed E-state index contributed by atoms with van der Waals surface area (Å²) >= 11 is 0. The van der Waals surface area contributed by atoms with Crippen molar-refractivity contribution in [1.29, 1.82) is 0 Å². The first-order chi connectivity index (χ1) is 12.8. The SMILES string of the molecule is CC(C)(C)c1cc(C(=O)c2ccccc2F)c(OC(N)=O)cc1S(F)(F)(F)(F)F. The first-order valence-corrected chi connectivity index (χ1v) is 9.95. The van der Waals surface area contributed by atoms with Crippen molar-refractivity contribution in [2.45, 2.75) is 31.1 Å². The summed E-state index contributed by atoms with van der Waals surface area (Å²) in [6.07, 6.45) is -1.64. The van der Waals surface area contributed by atoms with Gasteiger partial charge in [-0.25, -0.2) is 9.18 Å². The molecule has 2 rings (SSSR count). The van der Waals surface area contributed by atoms with Gasteiger partial charge in [0.05, 0.1) is 11.1 Å². The molecule has 0 aromatic heterocycles. The average molecular weight is 441 g/mol. The molecule has 0 radical (unpaired) electrons. The van der Waals surface area contributed by atoms with Gasteiger partial charge < -0.3 is 10.5 Å². The quantitative estimate of drug-likeness (QED) is 0.437. The van der Waals surface area contributed by atoms with E-state index in [1.54, 1.807) is 0 Å². The van der Waals surface area contributed by atoms with Gasteiger partial charge in [0.25, 0.3) is 0 Å². The molecule has 0 aliphatic carbocycles. The second-order valence-corrected chi connectivity index (χ2v) is 9.67. The Balaban J connectivity index is 2.93. The fraction of sp³-hybridized carbons (Fsp3) is 0.222. The van der Waals surface area contributed by atoms with Gasteiger partial charge in [0, 0.05) is 6.07 Å². The largest absolute Gasteiger partial charge is 0.410 e. The van der Waals surface area contributed by atoms with Gasteiger partial charge in [-0.3, -0.25) is 4.79 Å². The van der Waals surface area contributed by atoms with Crippen molar-refractivity contribution < 1.29 is 38.1 Å². The highest BCUT2D eigenvalue weighted by molar-refractivity contribution is 8.45. The van der Waals surface area contributed by atoms with Crippen LogP contribution in [0.15, 0.2) is 41.3 Å². The Morgan fingerprint density at radius 1 is 0.966 bits per heavy atom. The minimum atomic E-state index is -10.3. The molecular formula is C18H17F6NO3S. The third-order valence-electron chi connectivity index (χ3n) is 3.88. The van der Waals surface area contributed by atoms with E-state index in [9.17, 15) is 33.4 Å². The summed E-state index contributed by atoms with van der Waals surface area (Å²) < 4.78 is 86.7. The standard InChI is InChI=1S/C18H17F6NO3S/c1-18(2,3)12-8-11(16(26)10-6-4-5-7-13(10)19)14(28-17(25)27)9-15(12)29(20,21,22,23)24/h4-9H,1-3H3,(H2,25,27). The van der Waals surface area contributed by atoms with Gasteiger partial charge in [-0.2, -0.15) is 0 Å². The lowest BCUT2D eigenvalue weighted by atomic mass is 9.85. The number of benzene rings is 2. The summed E-state index contributed by atoms with van der Waals surface area (Å²) in [7, 11) is -10.3. The first kappa shape index (κ1) is 22.6. The number of amides is 1. The summed E-state index contributed by atoms with van der Waals surface area (Å²) in [5, 5.41) is 0. The molecule has 2 aromatic rings. The van der Waals surface area contributed by atoms with Crippen molar-refractivity contribution in [2.24, 2.45) is 5.73 Å². The van der Waals surface area contributed by atoms with Crippen molar-refractivity contribution in [2.75, 3.05) is 0 Å². The molecule has 0 aliphatic rings. The van der Waals surface area contributed by atoms with E-state index in [-0.39, 0.29) is 6.07 Å². The highest BCUT2D eigenvalue weighted by Crippen LogP contribution is 3.02. The van der Waals surface area contributed by atoms with E-state index in [0.29, 0.717) is 6.07 Å². The second kappa shape index (κ2) is 6.15. The lowest BCUT2D eigenvalue weighted by molar-refractivity contribution is 0.103. The van der Waals surface area contributed by atoms with Gasteiger partial charge in [-0.05, 0) is 29.2 Å². The highest BCUT2D eigenvalue weighted by atomic mass is 32.5. The van der Waals surface area contributed by atoms with Crippen LogP contribution in [0.25, 0.3) is 0 Å². The highest BCUT2D eigenvalue weighted by Gasteiger charge is 2.67. The van der Waals surface area contributed by atoms with Gasteiger partial charge in [0.2, 0.25) is 0 Å². The van der Waals surface area contributed by atoms with E-state index in [1.165, 1.54) is 32.9 Å². The van der Waals surface area contributed by atoms with Crippen LogP contribution in [0, 0.1) is 5.82 Å². The summed E-state index contributed by atoms with van der Waals surface area (Å²) in [6, 6.07) is 4.92. The summed E-state index contributed by atoms with van der Waals surface area (Å²) in [5.74, 6) is -3.32. The zero-order valence-corrected chi connectivity index (χ0v) is 16.3. The number of carbonyl (C=O) groups excluding carboxylic acids is 2. The maximum absolute atomic E-state index is 14.0. The predicted octanol–water partition coefficient (Wildman–Crippen LogP) is 6.47. The molecule has 11 heteroatoms. The smallest absolute Gasteiger partial charge is 0.409 e.